The Labute approximate surface area is 109 Å². The van der Waals surface area contributed by atoms with Gasteiger partial charge in [0.15, 0.2) is 0 Å². The summed E-state index contributed by atoms with van der Waals surface area (Å²) in [6.45, 7) is 5.28. The number of carbonyl (C=O) groups excluding carboxylic acids is 1. The molecule has 1 heterocycles. The van der Waals surface area contributed by atoms with Crippen molar-refractivity contribution in [3.8, 4) is 0 Å². The van der Waals surface area contributed by atoms with Crippen molar-refractivity contribution in [1.29, 1.82) is 0 Å². The summed E-state index contributed by atoms with van der Waals surface area (Å²) in [5, 5.41) is 8.88. The second-order valence-electron chi connectivity index (χ2n) is 5.12. The van der Waals surface area contributed by atoms with Gasteiger partial charge in [-0.05, 0) is 39.0 Å². The van der Waals surface area contributed by atoms with E-state index in [4.69, 9.17) is 9.84 Å². The van der Waals surface area contributed by atoms with E-state index in [-0.39, 0.29) is 11.4 Å². The van der Waals surface area contributed by atoms with Crippen LogP contribution in [0.3, 0.4) is 0 Å². The molecule has 19 heavy (non-hydrogen) atoms. The molecule has 0 aliphatic carbocycles. The van der Waals surface area contributed by atoms with E-state index in [9.17, 15) is 9.59 Å². The zero-order valence-electron chi connectivity index (χ0n) is 10.9. The van der Waals surface area contributed by atoms with E-state index in [1.807, 2.05) is 0 Å². The number of aromatic nitrogens is 2. The van der Waals surface area contributed by atoms with E-state index in [1.165, 1.54) is 12.1 Å². The van der Waals surface area contributed by atoms with E-state index in [2.05, 4.69) is 9.97 Å². The fourth-order valence-electron chi connectivity index (χ4n) is 1.56. The van der Waals surface area contributed by atoms with Gasteiger partial charge < -0.3 is 14.8 Å². The number of carboxylic acid groups (broad SMARTS) is 1. The van der Waals surface area contributed by atoms with Crippen molar-refractivity contribution < 1.29 is 19.4 Å². The summed E-state index contributed by atoms with van der Waals surface area (Å²) in [6.07, 6.45) is 0. The topological polar surface area (TPSA) is 92.3 Å². The number of esters is 1. The summed E-state index contributed by atoms with van der Waals surface area (Å²) in [6, 6.07) is 4.42. The molecule has 0 saturated carbocycles. The predicted octanol–water partition coefficient (Wildman–Crippen LogP) is 2.22. The number of carboxylic acids is 1. The largest absolute Gasteiger partial charge is 0.478 e. The van der Waals surface area contributed by atoms with Crippen molar-refractivity contribution in [1.82, 2.24) is 9.97 Å². The molecule has 0 aliphatic rings. The standard InChI is InChI=1S/C13H14N2O4/c1-13(2,3)19-12(18)10-14-8-5-4-7(11(16)17)6-9(8)15-10/h4-6H,1-3H3,(H,14,15)(H,16,17). The van der Waals surface area contributed by atoms with Crippen LogP contribution >= 0.6 is 0 Å². The fraction of sp³-hybridized carbons (Fsp3) is 0.308. The number of imidazole rings is 1. The SMILES string of the molecule is CC(C)(C)OC(=O)c1nc2cc(C(=O)O)ccc2[nH]1. The van der Waals surface area contributed by atoms with E-state index in [0.717, 1.165) is 0 Å². The first kappa shape index (κ1) is 13.1. The minimum Gasteiger partial charge on any atom is -0.478 e. The highest BCUT2D eigenvalue weighted by Crippen LogP contribution is 2.16. The first-order valence-corrected chi connectivity index (χ1v) is 5.73. The van der Waals surface area contributed by atoms with Gasteiger partial charge in [0.2, 0.25) is 5.82 Å². The van der Waals surface area contributed by atoms with Gasteiger partial charge in [0.1, 0.15) is 5.60 Å². The molecule has 0 saturated heterocycles. The van der Waals surface area contributed by atoms with Crippen molar-refractivity contribution in [2.75, 3.05) is 0 Å². The van der Waals surface area contributed by atoms with Crippen molar-refractivity contribution >= 4 is 23.0 Å². The van der Waals surface area contributed by atoms with Crippen LogP contribution in [0, 0.1) is 0 Å². The molecule has 0 amide bonds. The summed E-state index contributed by atoms with van der Waals surface area (Å²) >= 11 is 0. The quantitative estimate of drug-likeness (QED) is 0.809. The Hall–Kier alpha value is -2.37. The molecule has 0 fully saturated rings. The van der Waals surface area contributed by atoms with Crippen LogP contribution in [0.5, 0.6) is 0 Å². The van der Waals surface area contributed by atoms with Crippen LogP contribution < -0.4 is 0 Å². The summed E-state index contributed by atoms with van der Waals surface area (Å²) in [7, 11) is 0. The van der Waals surface area contributed by atoms with Gasteiger partial charge in [0.05, 0.1) is 16.6 Å². The molecule has 0 spiro atoms. The van der Waals surface area contributed by atoms with Crippen LogP contribution in [0.15, 0.2) is 18.2 Å². The molecular formula is C13H14N2O4. The highest BCUT2D eigenvalue weighted by atomic mass is 16.6. The Kier molecular flexibility index (Phi) is 3.01. The Morgan fingerprint density at radius 3 is 2.58 bits per heavy atom. The number of nitrogens with one attached hydrogen (secondary N) is 1. The van der Waals surface area contributed by atoms with Gasteiger partial charge in [0, 0.05) is 0 Å². The highest BCUT2D eigenvalue weighted by molar-refractivity contribution is 5.95. The summed E-state index contributed by atoms with van der Waals surface area (Å²) in [5.41, 5.74) is 0.517. The number of nitrogens with zero attached hydrogens (tertiary/aromatic N) is 1. The van der Waals surface area contributed by atoms with Crippen LogP contribution in [0.1, 0.15) is 41.7 Å². The number of aromatic carboxylic acids is 1. The molecule has 2 N–H and O–H groups in total. The van der Waals surface area contributed by atoms with E-state index in [0.29, 0.717) is 11.0 Å². The van der Waals surface area contributed by atoms with Gasteiger partial charge in [-0.25, -0.2) is 14.6 Å². The molecule has 0 unspecified atom stereocenters. The summed E-state index contributed by atoms with van der Waals surface area (Å²) < 4.78 is 5.18. The Balaban J connectivity index is 2.36. The number of benzene rings is 1. The first-order valence-electron chi connectivity index (χ1n) is 5.73. The van der Waals surface area contributed by atoms with Crippen molar-refractivity contribution in [2.24, 2.45) is 0 Å². The first-order chi connectivity index (χ1) is 8.76. The minimum atomic E-state index is -1.04. The highest BCUT2D eigenvalue weighted by Gasteiger charge is 2.20. The second kappa shape index (κ2) is 4.38. The second-order valence-corrected chi connectivity index (χ2v) is 5.12. The van der Waals surface area contributed by atoms with E-state index in [1.54, 1.807) is 26.8 Å². The lowest BCUT2D eigenvalue weighted by molar-refractivity contribution is 0.00570. The van der Waals surface area contributed by atoms with Gasteiger partial charge in [-0.2, -0.15) is 0 Å². The number of fused-ring (bicyclic) bond motifs is 1. The third-order valence-corrected chi connectivity index (χ3v) is 2.32. The Bertz CT molecular complexity index is 652. The number of rotatable bonds is 2. The van der Waals surface area contributed by atoms with Crippen molar-refractivity contribution in [3.63, 3.8) is 0 Å². The lowest BCUT2D eigenvalue weighted by atomic mass is 10.2. The predicted molar refractivity (Wildman–Crippen MR) is 68.2 cm³/mol. The lowest BCUT2D eigenvalue weighted by Gasteiger charge is -2.18. The Morgan fingerprint density at radius 2 is 2.00 bits per heavy atom. The minimum absolute atomic E-state index is 0.0625. The van der Waals surface area contributed by atoms with Gasteiger partial charge in [-0.15, -0.1) is 0 Å². The molecule has 0 atom stereocenters. The summed E-state index contributed by atoms with van der Waals surface area (Å²) in [5.74, 6) is -1.54. The zero-order valence-corrected chi connectivity index (χ0v) is 10.9. The molecule has 1 aromatic heterocycles. The monoisotopic (exact) mass is 262 g/mol. The molecule has 0 radical (unpaired) electrons. The van der Waals surface area contributed by atoms with Crippen LogP contribution in [0.25, 0.3) is 11.0 Å². The van der Waals surface area contributed by atoms with E-state index < -0.39 is 17.5 Å². The molecular weight excluding hydrogens is 248 g/mol. The number of aromatic amines is 1. The van der Waals surface area contributed by atoms with Crippen LogP contribution in [0.2, 0.25) is 0 Å². The molecule has 6 nitrogen and oxygen atoms in total. The number of hydrogen-bond acceptors (Lipinski definition) is 4. The maximum absolute atomic E-state index is 11.8. The van der Waals surface area contributed by atoms with Crippen LogP contribution in [-0.2, 0) is 4.74 Å². The van der Waals surface area contributed by atoms with Gasteiger partial charge in [-0.1, -0.05) is 0 Å². The smallest absolute Gasteiger partial charge is 0.374 e. The molecule has 1 aromatic carbocycles. The average molecular weight is 262 g/mol. The lowest BCUT2D eigenvalue weighted by Crippen LogP contribution is -2.24. The third-order valence-electron chi connectivity index (χ3n) is 2.32. The van der Waals surface area contributed by atoms with Gasteiger partial charge in [-0.3, -0.25) is 0 Å². The van der Waals surface area contributed by atoms with Gasteiger partial charge >= 0.3 is 11.9 Å². The van der Waals surface area contributed by atoms with Crippen molar-refractivity contribution in [2.45, 2.75) is 26.4 Å². The number of hydrogen-bond donors (Lipinski definition) is 2. The molecule has 0 aliphatic heterocycles. The van der Waals surface area contributed by atoms with Crippen LogP contribution in [-0.4, -0.2) is 32.6 Å². The maximum atomic E-state index is 11.8. The molecule has 2 aromatic rings. The summed E-state index contributed by atoms with van der Waals surface area (Å²) in [4.78, 5) is 29.5. The number of carbonyl (C=O) groups is 2. The molecule has 6 heteroatoms. The molecule has 100 valence electrons. The fourth-order valence-corrected chi connectivity index (χ4v) is 1.56. The average Bonchev–Trinajstić information content (AvgIpc) is 2.68. The van der Waals surface area contributed by atoms with Crippen LogP contribution in [0.4, 0.5) is 0 Å². The number of H-pyrrole nitrogens is 1. The Morgan fingerprint density at radius 1 is 1.32 bits per heavy atom. The molecule has 0 bridgehead atoms. The maximum Gasteiger partial charge on any atom is 0.374 e. The third kappa shape index (κ3) is 2.90. The van der Waals surface area contributed by atoms with Crippen molar-refractivity contribution in [3.05, 3.63) is 29.6 Å². The van der Waals surface area contributed by atoms with Gasteiger partial charge in [0.25, 0.3) is 0 Å². The molecule has 2 rings (SSSR count). The number of ether oxygens (including phenoxy) is 1. The van der Waals surface area contributed by atoms with E-state index >= 15 is 0 Å². The normalized spacial score (nSPS) is 11.5. The zero-order chi connectivity index (χ0) is 14.2.